The summed E-state index contributed by atoms with van der Waals surface area (Å²) in [6.07, 6.45) is 0. The van der Waals surface area contributed by atoms with Crippen molar-refractivity contribution in [1.82, 2.24) is 5.32 Å². The summed E-state index contributed by atoms with van der Waals surface area (Å²) < 4.78 is 1.03. The van der Waals surface area contributed by atoms with Crippen molar-refractivity contribution < 1.29 is 4.79 Å². The van der Waals surface area contributed by atoms with E-state index in [1.807, 2.05) is 25.1 Å². The number of halogens is 1. The molecule has 1 aromatic carbocycles. The normalized spacial score (nSPS) is 23.7. The molecule has 0 spiro atoms. The maximum Gasteiger partial charge on any atom is 0.229 e. The van der Waals surface area contributed by atoms with E-state index in [0.29, 0.717) is 5.92 Å². The van der Waals surface area contributed by atoms with Gasteiger partial charge in [0.1, 0.15) is 0 Å². The SMILES string of the molecule is Cc1cc(Br)ccc1NC(=O)[C@@H]1CNC[C@H]1C. The molecular formula is C13H17BrN2O. The molecule has 2 atom stereocenters. The van der Waals surface area contributed by atoms with Crippen molar-refractivity contribution in [2.75, 3.05) is 18.4 Å². The van der Waals surface area contributed by atoms with Crippen LogP contribution in [0, 0.1) is 18.8 Å². The zero-order valence-corrected chi connectivity index (χ0v) is 11.7. The molecule has 0 aliphatic carbocycles. The summed E-state index contributed by atoms with van der Waals surface area (Å²) in [5.74, 6) is 0.608. The van der Waals surface area contributed by atoms with Crippen LogP contribution in [0.1, 0.15) is 12.5 Å². The molecule has 92 valence electrons. The van der Waals surface area contributed by atoms with Crippen LogP contribution in [0.15, 0.2) is 22.7 Å². The number of amides is 1. The molecule has 1 saturated heterocycles. The largest absolute Gasteiger partial charge is 0.326 e. The average molecular weight is 297 g/mol. The lowest BCUT2D eigenvalue weighted by atomic mass is 9.97. The standard InChI is InChI=1S/C13H17BrN2O/c1-8-5-10(14)3-4-12(8)16-13(17)11-7-15-6-9(11)2/h3-5,9,11,15H,6-7H2,1-2H3,(H,16,17)/t9-,11-/m1/s1. The summed E-state index contributed by atoms with van der Waals surface area (Å²) in [5.41, 5.74) is 1.98. The first-order chi connectivity index (χ1) is 8.08. The molecule has 0 aromatic heterocycles. The molecule has 0 unspecified atom stereocenters. The fourth-order valence-corrected chi connectivity index (χ4v) is 2.63. The van der Waals surface area contributed by atoms with Gasteiger partial charge in [0.05, 0.1) is 5.92 Å². The molecule has 2 rings (SSSR count). The van der Waals surface area contributed by atoms with Crippen molar-refractivity contribution in [1.29, 1.82) is 0 Å². The maximum absolute atomic E-state index is 12.1. The smallest absolute Gasteiger partial charge is 0.229 e. The first-order valence-electron chi connectivity index (χ1n) is 5.85. The highest BCUT2D eigenvalue weighted by molar-refractivity contribution is 9.10. The van der Waals surface area contributed by atoms with Crippen molar-refractivity contribution in [3.05, 3.63) is 28.2 Å². The van der Waals surface area contributed by atoms with Gasteiger partial charge in [0.25, 0.3) is 0 Å². The van der Waals surface area contributed by atoms with Crippen LogP contribution in [-0.4, -0.2) is 19.0 Å². The summed E-state index contributed by atoms with van der Waals surface area (Å²) >= 11 is 3.42. The second-order valence-electron chi connectivity index (χ2n) is 4.69. The Morgan fingerprint density at radius 3 is 2.82 bits per heavy atom. The van der Waals surface area contributed by atoms with Gasteiger partial charge in [-0.25, -0.2) is 0 Å². The number of hydrogen-bond donors (Lipinski definition) is 2. The summed E-state index contributed by atoms with van der Waals surface area (Å²) in [6.45, 7) is 5.81. The van der Waals surface area contributed by atoms with Gasteiger partial charge in [-0.15, -0.1) is 0 Å². The Morgan fingerprint density at radius 1 is 1.47 bits per heavy atom. The van der Waals surface area contributed by atoms with Crippen LogP contribution < -0.4 is 10.6 Å². The average Bonchev–Trinajstić information content (AvgIpc) is 2.68. The third-order valence-electron chi connectivity index (χ3n) is 3.30. The molecule has 17 heavy (non-hydrogen) atoms. The van der Waals surface area contributed by atoms with Gasteiger partial charge in [0, 0.05) is 16.7 Å². The number of aryl methyl sites for hydroxylation is 1. The molecule has 4 heteroatoms. The minimum Gasteiger partial charge on any atom is -0.326 e. The van der Waals surface area contributed by atoms with Gasteiger partial charge in [-0.3, -0.25) is 4.79 Å². The zero-order chi connectivity index (χ0) is 12.4. The lowest BCUT2D eigenvalue weighted by molar-refractivity contribution is -0.120. The van der Waals surface area contributed by atoms with Crippen LogP contribution in [0.25, 0.3) is 0 Å². The van der Waals surface area contributed by atoms with E-state index in [9.17, 15) is 4.79 Å². The van der Waals surface area contributed by atoms with E-state index < -0.39 is 0 Å². The number of carbonyl (C=O) groups is 1. The first-order valence-corrected chi connectivity index (χ1v) is 6.65. The topological polar surface area (TPSA) is 41.1 Å². The van der Waals surface area contributed by atoms with Crippen molar-refractivity contribution in [3.8, 4) is 0 Å². The summed E-state index contributed by atoms with van der Waals surface area (Å²) in [4.78, 5) is 12.1. The molecule has 1 aliphatic rings. The van der Waals surface area contributed by atoms with Gasteiger partial charge in [0.2, 0.25) is 5.91 Å². The third kappa shape index (κ3) is 2.87. The van der Waals surface area contributed by atoms with E-state index in [-0.39, 0.29) is 11.8 Å². The Morgan fingerprint density at radius 2 is 2.24 bits per heavy atom. The molecule has 2 N–H and O–H groups in total. The van der Waals surface area contributed by atoms with Gasteiger partial charge < -0.3 is 10.6 Å². The van der Waals surface area contributed by atoms with Crippen LogP contribution in [0.5, 0.6) is 0 Å². The van der Waals surface area contributed by atoms with E-state index >= 15 is 0 Å². The van der Waals surface area contributed by atoms with Gasteiger partial charge in [-0.1, -0.05) is 22.9 Å². The highest BCUT2D eigenvalue weighted by Crippen LogP contribution is 2.22. The lowest BCUT2D eigenvalue weighted by Gasteiger charge is -2.15. The Balaban J connectivity index is 2.07. The second kappa shape index (κ2) is 5.19. The molecule has 3 nitrogen and oxygen atoms in total. The Kier molecular flexibility index (Phi) is 3.84. The molecule has 0 radical (unpaired) electrons. The van der Waals surface area contributed by atoms with Gasteiger partial charge in [0.15, 0.2) is 0 Å². The number of nitrogens with one attached hydrogen (secondary N) is 2. The molecule has 1 fully saturated rings. The number of hydrogen-bond acceptors (Lipinski definition) is 2. The fourth-order valence-electron chi connectivity index (χ4n) is 2.15. The Hall–Kier alpha value is -0.870. The van der Waals surface area contributed by atoms with E-state index in [4.69, 9.17) is 0 Å². The lowest BCUT2D eigenvalue weighted by Crippen LogP contribution is -2.28. The van der Waals surface area contributed by atoms with Crippen LogP contribution in [0.3, 0.4) is 0 Å². The van der Waals surface area contributed by atoms with Crippen LogP contribution in [0.4, 0.5) is 5.69 Å². The number of rotatable bonds is 2. The minimum absolute atomic E-state index is 0.0815. The molecule has 1 amide bonds. The minimum atomic E-state index is 0.0815. The van der Waals surface area contributed by atoms with Crippen LogP contribution in [-0.2, 0) is 4.79 Å². The molecule has 1 heterocycles. The van der Waals surface area contributed by atoms with Crippen molar-refractivity contribution in [2.45, 2.75) is 13.8 Å². The van der Waals surface area contributed by atoms with E-state index in [1.165, 1.54) is 0 Å². The van der Waals surface area contributed by atoms with Gasteiger partial charge in [-0.05, 0) is 43.1 Å². The van der Waals surface area contributed by atoms with E-state index in [0.717, 1.165) is 28.8 Å². The van der Waals surface area contributed by atoms with Crippen molar-refractivity contribution in [3.63, 3.8) is 0 Å². The summed E-state index contributed by atoms with van der Waals surface area (Å²) in [5, 5.41) is 6.25. The highest BCUT2D eigenvalue weighted by atomic mass is 79.9. The first kappa shape index (κ1) is 12.6. The zero-order valence-electron chi connectivity index (χ0n) is 10.1. The van der Waals surface area contributed by atoms with E-state index in [1.54, 1.807) is 0 Å². The highest BCUT2D eigenvalue weighted by Gasteiger charge is 2.29. The van der Waals surface area contributed by atoms with E-state index in [2.05, 4.69) is 33.5 Å². The monoisotopic (exact) mass is 296 g/mol. The molecule has 0 saturated carbocycles. The summed E-state index contributed by atoms with van der Waals surface area (Å²) in [6, 6.07) is 5.88. The number of anilines is 1. The summed E-state index contributed by atoms with van der Waals surface area (Å²) in [7, 11) is 0. The van der Waals surface area contributed by atoms with Gasteiger partial charge >= 0.3 is 0 Å². The van der Waals surface area contributed by atoms with Crippen LogP contribution >= 0.6 is 15.9 Å². The van der Waals surface area contributed by atoms with Crippen molar-refractivity contribution in [2.24, 2.45) is 11.8 Å². The molecular weight excluding hydrogens is 280 g/mol. The predicted molar refractivity (Wildman–Crippen MR) is 73.0 cm³/mol. The number of benzene rings is 1. The fraction of sp³-hybridized carbons (Fsp3) is 0.462. The van der Waals surface area contributed by atoms with Gasteiger partial charge in [-0.2, -0.15) is 0 Å². The van der Waals surface area contributed by atoms with Crippen LogP contribution in [0.2, 0.25) is 0 Å². The number of carbonyl (C=O) groups excluding carboxylic acids is 1. The Labute approximate surface area is 110 Å². The maximum atomic E-state index is 12.1. The molecule has 1 aliphatic heterocycles. The van der Waals surface area contributed by atoms with Crippen molar-refractivity contribution >= 4 is 27.5 Å². The predicted octanol–water partition coefficient (Wildman–Crippen LogP) is 2.55. The molecule has 1 aromatic rings. The molecule has 0 bridgehead atoms. The Bertz CT molecular complexity index is 433. The quantitative estimate of drug-likeness (QED) is 0.881. The third-order valence-corrected chi connectivity index (χ3v) is 3.79. The second-order valence-corrected chi connectivity index (χ2v) is 5.61.